The van der Waals surface area contributed by atoms with Crippen molar-refractivity contribution in [2.45, 2.75) is 76.8 Å². The maximum absolute atomic E-state index is 12.6. The number of furan rings is 1. The first-order chi connectivity index (χ1) is 28.2. The van der Waals surface area contributed by atoms with Crippen LogP contribution in [0.2, 0.25) is 5.02 Å². The lowest BCUT2D eigenvalue weighted by molar-refractivity contribution is -0.385. The maximum Gasteiger partial charge on any atom is 0.416 e. The number of nitrogens with zero attached hydrogens (tertiary/aromatic N) is 3. The lowest BCUT2D eigenvalue weighted by Crippen LogP contribution is -2.45. The average molecular weight is 924 g/mol. The molecule has 0 spiro atoms. The summed E-state index contributed by atoms with van der Waals surface area (Å²) in [4.78, 5) is 36.5. The molecular formula is C41H46Cl4F3N3O9. The van der Waals surface area contributed by atoms with E-state index in [0.717, 1.165) is 41.4 Å². The Hall–Kier alpha value is -4.25. The van der Waals surface area contributed by atoms with Crippen LogP contribution in [-0.4, -0.2) is 71.0 Å². The summed E-state index contributed by atoms with van der Waals surface area (Å²) < 4.78 is 64.6. The molecule has 3 aromatic carbocycles. The molecule has 1 saturated heterocycles. The SMILES string of the molecule is CC1(C)OC(c2ccco2)CN1C(=O)C(Cl)Cl.CCOc1cc(Oc2ccc(C(F)(F)F)cc2Cl)ccc1[N+](=O)[O-].CCc1cccc(C)c1N(C(=O)CCl)C(C)COC. The monoisotopic (exact) mass is 921 g/mol. The van der Waals surface area contributed by atoms with Crippen LogP contribution in [0.1, 0.15) is 63.2 Å². The molecule has 12 nitrogen and oxygen atoms in total. The molecule has 0 N–H and O–H groups in total. The summed E-state index contributed by atoms with van der Waals surface area (Å²) in [5, 5.41) is 10.7. The van der Waals surface area contributed by atoms with E-state index in [4.69, 9.17) is 69.8 Å². The molecule has 1 fully saturated rings. The average Bonchev–Trinajstić information content (AvgIpc) is 3.84. The van der Waals surface area contributed by atoms with Crippen LogP contribution in [0.15, 0.2) is 77.4 Å². The number of para-hydroxylation sites is 1. The molecule has 0 radical (unpaired) electrons. The van der Waals surface area contributed by atoms with Crippen LogP contribution in [0.3, 0.4) is 0 Å². The number of hydrogen-bond acceptors (Lipinski definition) is 9. The molecule has 0 bridgehead atoms. The van der Waals surface area contributed by atoms with E-state index in [1.807, 2.05) is 32.0 Å². The Morgan fingerprint density at radius 1 is 1.07 bits per heavy atom. The van der Waals surface area contributed by atoms with Gasteiger partial charge in [0.15, 0.2) is 4.84 Å². The second-order valence-corrected chi connectivity index (χ2v) is 15.3. The summed E-state index contributed by atoms with van der Waals surface area (Å²) >= 11 is 22.8. The number of aryl methyl sites for hydroxylation is 2. The van der Waals surface area contributed by atoms with Crippen LogP contribution in [-0.2, 0) is 31.7 Å². The van der Waals surface area contributed by atoms with E-state index in [0.29, 0.717) is 18.9 Å². The van der Waals surface area contributed by atoms with Gasteiger partial charge in [0.1, 0.15) is 35.0 Å². The second kappa shape index (κ2) is 22.6. The van der Waals surface area contributed by atoms with E-state index in [1.54, 1.807) is 45.1 Å². The summed E-state index contributed by atoms with van der Waals surface area (Å²) in [5.41, 5.74) is 1.32. The Balaban J connectivity index is 0.000000244. The first kappa shape index (κ1) is 50.1. The van der Waals surface area contributed by atoms with Crippen LogP contribution in [0.4, 0.5) is 24.5 Å². The number of hydrogen-bond donors (Lipinski definition) is 0. The number of nitro benzene ring substituents is 1. The Labute approximate surface area is 366 Å². The molecule has 2 heterocycles. The van der Waals surface area contributed by atoms with Crippen molar-refractivity contribution in [2.24, 2.45) is 0 Å². The largest absolute Gasteiger partial charge is 0.487 e. The molecule has 0 aliphatic carbocycles. The molecule has 1 aliphatic rings. The first-order valence-electron chi connectivity index (χ1n) is 18.4. The van der Waals surface area contributed by atoms with E-state index in [-0.39, 0.29) is 64.4 Å². The number of methoxy groups -OCH3 is 1. The predicted molar refractivity (Wildman–Crippen MR) is 225 cm³/mol. The first-order valence-corrected chi connectivity index (χ1v) is 20.2. The van der Waals surface area contributed by atoms with Gasteiger partial charge in [0.25, 0.3) is 5.91 Å². The number of rotatable bonds is 13. The lowest BCUT2D eigenvalue weighted by atomic mass is 10.0. The minimum atomic E-state index is -4.52. The van der Waals surface area contributed by atoms with Gasteiger partial charge in [0, 0.05) is 19.2 Å². The van der Waals surface area contributed by atoms with Crippen molar-refractivity contribution in [1.29, 1.82) is 0 Å². The highest BCUT2D eigenvalue weighted by Gasteiger charge is 2.45. The van der Waals surface area contributed by atoms with Gasteiger partial charge >= 0.3 is 11.9 Å². The molecule has 1 aliphatic heterocycles. The Kier molecular flexibility index (Phi) is 18.8. The molecule has 0 saturated carbocycles. The molecule has 328 valence electrons. The molecule has 1 aromatic heterocycles. The van der Waals surface area contributed by atoms with E-state index in [2.05, 4.69) is 13.0 Å². The zero-order valence-corrected chi connectivity index (χ0v) is 36.9. The van der Waals surface area contributed by atoms with Crippen molar-refractivity contribution in [3.8, 4) is 17.2 Å². The van der Waals surface area contributed by atoms with Crippen molar-refractivity contribution in [1.82, 2.24) is 4.90 Å². The van der Waals surface area contributed by atoms with Crippen molar-refractivity contribution in [3.63, 3.8) is 0 Å². The maximum atomic E-state index is 12.6. The zero-order chi connectivity index (χ0) is 44.9. The highest BCUT2D eigenvalue weighted by molar-refractivity contribution is 6.53. The Bertz CT molecular complexity index is 2050. The predicted octanol–water partition coefficient (Wildman–Crippen LogP) is 11.3. The van der Waals surface area contributed by atoms with Gasteiger partial charge < -0.3 is 33.2 Å². The number of halogens is 7. The van der Waals surface area contributed by atoms with E-state index >= 15 is 0 Å². The normalized spacial score (nSPS) is 15.0. The summed E-state index contributed by atoms with van der Waals surface area (Å²) in [6.45, 7) is 12.4. The molecule has 19 heteroatoms. The molecule has 60 heavy (non-hydrogen) atoms. The number of nitro groups is 1. The minimum Gasteiger partial charge on any atom is -0.487 e. The summed E-state index contributed by atoms with van der Waals surface area (Å²) in [7, 11) is 1.64. The van der Waals surface area contributed by atoms with Crippen molar-refractivity contribution < 1.29 is 51.0 Å². The molecule has 2 amide bonds. The van der Waals surface area contributed by atoms with E-state index < -0.39 is 27.2 Å². The number of anilines is 1. The Morgan fingerprint density at radius 2 is 1.77 bits per heavy atom. The van der Waals surface area contributed by atoms with Crippen molar-refractivity contribution in [3.05, 3.63) is 111 Å². The minimum absolute atomic E-state index is 0.0111. The number of carbonyl (C=O) groups is 2. The van der Waals surface area contributed by atoms with Gasteiger partial charge in [-0.25, -0.2) is 0 Å². The fraction of sp³-hybridized carbons (Fsp3) is 0.415. The van der Waals surface area contributed by atoms with Gasteiger partial charge in [-0.3, -0.25) is 19.7 Å². The smallest absolute Gasteiger partial charge is 0.416 e. The zero-order valence-electron chi connectivity index (χ0n) is 33.9. The van der Waals surface area contributed by atoms with E-state index in [1.165, 1.54) is 23.1 Å². The van der Waals surface area contributed by atoms with Crippen LogP contribution in [0.5, 0.6) is 17.2 Å². The summed E-state index contributed by atoms with van der Waals surface area (Å²) in [6.07, 6.45) is -2.35. The van der Waals surface area contributed by atoms with Crippen LogP contribution in [0.25, 0.3) is 0 Å². The van der Waals surface area contributed by atoms with Gasteiger partial charge in [-0.1, -0.05) is 59.9 Å². The topological polar surface area (TPSA) is 134 Å². The fourth-order valence-electron chi connectivity index (χ4n) is 6.12. The number of benzene rings is 3. The highest BCUT2D eigenvalue weighted by Crippen LogP contribution is 2.39. The Morgan fingerprint density at radius 3 is 2.30 bits per heavy atom. The van der Waals surface area contributed by atoms with Gasteiger partial charge in [0.05, 0.1) is 53.3 Å². The number of ether oxygens (including phenoxy) is 4. The van der Waals surface area contributed by atoms with Crippen molar-refractivity contribution in [2.75, 3.05) is 37.6 Å². The molecule has 2 atom stereocenters. The van der Waals surface area contributed by atoms with Gasteiger partial charge in [-0.05, 0) is 88.6 Å². The number of alkyl halides is 6. The third-order valence-corrected chi connectivity index (χ3v) is 9.73. The quantitative estimate of drug-likeness (QED) is 0.0730. The van der Waals surface area contributed by atoms with Crippen LogP contribution in [0, 0.1) is 17.0 Å². The van der Waals surface area contributed by atoms with Gasteiger partial charge in [0.2, 0.25) is 11.7 Å². The standard InChI is InChI=1S/C15H11ClF3NO4.C15H22ClNO2.C11H13Cl2NO3/c1-2-23-14-8-10(4-5-12(14)20(21)22)24-13-6-3-9(7-11(13)16)15(17,18)19;1-5-13-8-6-7-11(2)15(13)17(14(18)9-16)12(3)10-19-4;1-11(2)14(10(15)9(12)13)6-8(17-11)7-4-3-5-16-7/h3-8H,2H2,1H3;6-8,12H,5,9-10H2,1-4H3;3-5,8-9H,6H2,1-2H3. The third kappa shape index (κ3) is 13.4. The highest BCUT2D eigenvalue weighted by atomic mass is 35.5. The summed E-state index contributed by atoms with van der Waals surface area (Å²) in [5.74, 6) is 0.345. The number of amides is 2. The lowest BCUT2D eigenvalue weighted by Gasteiger charge is -2.31. The van der Waals surface area contributed by atoms with E-state index in [9.17, 15) is 32.9 Å². The van der Waals surface area contributed by atoms with Crippen LogP contribution < -0.4 is 14.4 Å². The van der Waals surface area contributed by atoms with Crippen LogP contribution >= 0.6 is 46.4 Å². The number of carbonyl (C=O) groups excluding carboxylic acids is 2. The molecule has 5 rings (SSSR count). The molecule has 2 unspecified atom stereocenters. The molecular weight excluding hydrogens is 877 g/mol. The van der Waals surface area contributed by atoms with Gasteiger partial charge in [-0.15, -0.1) is 11.6 Å². The van der Waals surface area contributed by atoms with Crippen molar-refractivity contribution >= 4 is 69.6 Å². The second-order valence-electron chi connectivity index (χ2n) is 13.5. The third-order valence-electron chi connectivity index (χ3n) is 8.83. The fourth-order valence-corrected chi connectivity index (χ4v) is 6.70. The van der Waals surface area contributed by atoms with Gasteiger partial charge in [-0.2, -0.15) is 13.2 Å². The molecule has 4 aromatic rings. The summed E-state index contributed by atoms with van der Waals surface area (Å²) in [6, 6.07) is 16.0.